The van der Waals surface area contributed by atoms with Crippen molar-refractivity contribution >= 4 is 11.7 Å². The molecule has 0 bridgehead atoms. The molecule has 2 aromatic rings. The van der Waals surface area contributed by atoms with E-state index in [4.69, 9.17) is 4.74 Å². The van der Waals surface area contributed by atoms with Crippen molar-refractivity contribution < 1.29 is 13.9 Å². The second kappa shape index (κ2) is 6.90. The topological polar surface area (TPSA) is 67.3 Å². The first-order valence-electron chi connectivity index (χ1n) is 8.81. The zero-order valence-corrected chi connectivity index (χ0v) is 14.6. The van der Waals surface area contributed by atoms with E-state index in [9.17, 15) is 9.18 Å². The number of halogens is 1. The zero-order valence-electron chi connectivity index (χ0n) is 14.6. The summed E-state index contributed by atoms with van der Waals surface area (Å²) in [4.78, 5) is 23.1. The van der Waals surface area contributed by atoms with Gasteiger partial charge in [-0.25, -0.2) is 9.37 Å². The molecule has 1 aliphatic heterocycles. The van der Waals surface area contributed by atoms with Crippen LogP contribution in [0.25, 0.3) is 0 Å². The summed E-state index contributed by atoms with van der Waals surface area (Å²) in [5.74, 6) is 1.37. The van der Waals surface area contributed by atoms with Gasteiger partial charge in [-0.2, -0.15) is 0 Å². The van der Waals surface area contributed by atoms with Gasteiger partial charge in [-0.1, -0.05) is 0 Å². The molecule has 1 aliphatic carbocycles. The molecule has 0 radical (unpaired) electrons. The molecule has 3 atom stereocenters. The smallest absolute Gasteiger partial charge is 0.257 e. The largest absolute Gasteiger partial charge is 0.496 e. The number of carbonyl (C=O) groups excluding carboxylic acids is 1. The van der Waals surface area contributed by atoms with Gasteiger partial charge in [0, 0.05) is 37.4 Å². The Morgan fingerprint density at radius 1 is 1.31 bits per heavy atom. The summed E-state index contributed by atoms with van der Waals surface area (Å²) in [6.07, 6.45) is 7.13. The van der Waals surface area contributed by atoms with E-state index in [0.717, 1.165) is 18.7 Å². The molecule has 1 saturated carbocycles. The molecule has 6 nitrogen and oxygen atoms in total. The molecule has 1 aromatic carbocycles. The summed E-state index contributed by atoms with van der Waals surface area (Å²) in [6.45, 7) is 1.35. The maximum absolute atomic E-state index is 13.6. The number of hydrogen-bond acceptors (Lipinski definition) is 5. The molecule has 1 aromatic heterocycles. The van der Waals surface area contributed by atoms with E-state index >= 15 is 0 Å². The summed E-state index contributed by atoms with van der Waals surface area (Å²) in [7, 11) is 1.49. The number of anilines is 1. The molecule has 0 unspecified atom stereocenters. The van der Waals surface area contributed by atoms with Crippen molar-refractivity contribution in [3.05, 3.63) is 48.2 Å². The van der Waals surface area contributed by atoms with Crippen LogP contribution in [-0.2, 0) is 0 Å². The number of methoxy groups -OCH3 is 1. The summed E-state index contributed by atoms with van der Waals surface area (Å²) >= 11 is 0. The number of ether oxygens (including phenoxy) is 1. The minimum Gasteiger partial charge on any atom is -0.496 e. The summed E-state index contributed by atoms with van der Waals surface area (Å²) in [5, 5.41) is 3.45. The van der Waals surface area contributed by atoms with Crippen molar-refractivity contribution in [1.82, 2.24) is 14.9 Å². The minimum absolute atomic E-state index is 0.172. The normalized spacial score (nSPS) is 24.4. The highest BCUT2D eigenvalue weighted by Crippen LogP contribution is 2.40. The maximum atomic E-state index is 13.6. The van der Waals surface area contributed by atoms with Gasteiger partial charge in [0.1, 0.15) is 17.4 Å². The summed E-state index contributed by atoms with van der Waals surface area (Å²) < 4.78 is 18.9. The van der Waals surface area contributed by atoms with Crippen molar-refractivity contribution in [2.45, 2.75) is 18.9 Å². The molecule has 1 saturated heterocycles. The Hall–Kier alpha value is -2.70. The third-order valence-electron chi connectivity index (χ3n) is 5.43. The van der Waals surface area contributed by atoms with Crippen molar-refractivity contribution in [2.24, 2.45) is 11.8 Å². The SMILES string of the molecule is COc1ccc(F)cc1C(=O)N1C[C@H]2CC[C@@H](Nc3cnccn3)[C@H]2C1. The van der Waals surface area contributed by atoms with E-state index in [0.29, 0.717) is 30.7 Å². The number of likely N-dealkylation sites (tertiary alicyclic amines) is 1. The van der Waals surface area contributed by atoms with E-state index in [1.807, 2.05) is 4.90 Å². The van der Waals surface area contributed by atoms with Crippen molar-refractivity contribution in [2.75, 3.05) is 25.5 Å². The fourth-order valence-corrected chi connectivity index (χ4v) is 4.19. The number of hydrogen-bond donors (Lipinski definition) is 1. The van der Waals surface area contributed by atoms with Crippen LogP contribution in [0.5, 0.6) is 5.75 Å². The van der Waals surface area contributed by atoms with Crippen LogP contribution in [-0.4, -0.2) is 47.0 Å². The predicted octanol–water partition coefficient (Wildman–Crippen LogP) is 2.59. The monoisotopic (exact) mass is 356 g/mol. The van der Waals surface area contributed by atoms with Gasteiger partial charge >= 0.3 is 0 Å². The van der Waals surface area contributed by atoms with Gasteiger partial charge in [-0.05, 0) is 37.0 Å². The van der Waals surface area contributed by atoms with Crippen LogP contribution in [0.3, 0.4) is 0 Å². The Labute approximate surface area is 151 Å². The van der Waals surface area contributed by atoms with Gasteiger partial charge in [-0.3, -0.25) is 9.78 Å². The average Bonchev–Trinajstić information content (AvgIpc) is 3.24. The minimum atomic E-state index is -0.435. The third-order valence-corrected chi connectivity index (χ3v) is 5.43. The second-order valence-corrected chi connectivity index (χ2v) is 6.90. The number of aromatic nitrogens is 2. The lowest BCUT2D eigenvalue weighted by Crippen LogP contribution is -2.33. The van der Waals surface area contributed by atoms with Gasteiger partial charge in [0.15, 0.2) is 0 Å². The Balaban J connectivity index is 1.48. The number of benzene rings is 1. The summed E-state index contributed by atoms with van der Waals surface area (Å²) in [5.41, 5.74) is 0.283. The van der Waals surface area contributed by atoms with Gasteiger partial charge in [-0.15, -0.1) is 0 Å². The van der Waals surface area contributed by atoms with E-state index < -0.39 is 5.82 Å². The highest BCUT2D eigenvalue weighted by molar-refractivity contribution is 5.97. The van der Waals surface area contributed by atoms with Gasteiger partial charge < -0.3 is 15.0 Å². The van der Waals surface area contributed by atoms with Crippen molar-refractivity contribution in [3.8, 4) is 5.75 Å². The number of carbonyl (C=O) groups is 1. The summed E-state index contributed by atoms with van der Waals surface area (Å²) in [6, 6.07) is 4.32. The lowest BCUT2D eigenvalue weighted by molar-refractivity contribution is 0.0776. The molecule has 4 rings (SSSR count). The van der Waals surface area contributed by atoms with Crippen LogP contribution in [0.4, 0.5) is 10.2 Å². The first-order chi connectivity index (χ1) is 12.7. The van der Waals surface area contributed by atoms with E-state index in [1.54, 1.807) is 18.6 Å². The van der Waals surface area contributed by atoms with Gasteiger partial charge in [0.25, 0.3) is 5.91 Å². The number of nitrogens with zero attached hydrogens (tertiary/aromatic N) is 3. The van der Waals surface area contributed by atoms with Crippen LogP contribution < -0.4 is 10.1 Å². The molecule has 1 amide bonds. The van der Waals surface area contributed by atoms with Crippen LogP contribution in [0.2, 0.25) is 0 Å². The van der Waals surface area contributed by atoms with Gasteiger partial charge in [0.2, 0.25) is 0 Å². The Kier molecular flexibility index (Phi) is 4.44. The zero-order chi connectivity index (χ0) is 18.1. The van der Waals surface area contributed by atoms with Gasteiger partial charge in [0.05, 0.1) is 18.9 Å². The van der Waals surface area contributed by atoms with E-state index in [-0.39, 0.29) is 17.5 Å². The number of nitrogens with one attached hydrogen (secondary N) is 1. The van der Waals surface area contributed by atoms with Crippen molar-refractivity contribution in [3.63, 3.8) is 0 Å². The molecule has 26 heavy (non-hydrogen) atoms. The first-order valence-corrected chi connectivity index (χ1v) is 8.81. The molecule has 7 heteroatoms. The molecular weight excluding hydrogens is 335 g/mol. The van der Waals surface area contributed by atoms with Crippen molar-refractivity contribution in [1.29, 1.82) is 0 Å². The quantitative estimate of drug-likeness (QED) is 0.912. The Bertz CT molecular complexity index is 801. The van der Waals surface area contributed by atoms with Crippen LogP contribution in [0.15, 0.2) is 36.8 Å². The van der Waals surface area contributed by atoms with Crippen LogP contribution in [0.1, 0.15) is 23.2 Å². The molecule has 1 N–H and O–H groups in total. The fourth-order valence-electron chi connectivity index (χ4n) is 4.19. The Morgan fingerprint density at radius 3 is 2.96 bits per heavy atom. The lowest BCUT2D eigenvalue weighted by Gasteiger charge is -2.22. The lowest BCUT2D eigenvalue weighted by atomic mass is 9.98. The van der Waals surface area contributed by atoms with E-state index in [1.165, 1.54) is 25.3 Å². The number of amides is 1. The first kappa shape index (κ1) is 16.8. The third kappa shape index (κ3) is 3.09. The van der Waals surface area contributed by atoms with Crippen LogP contribution >= 0.6 is 0 Å². The molecule has 2 fully saturated rings. The predicted molar refractivity (Wildman–Crippen MR) is 94.5 cm³/mol. The fraction of sp³-hybridized carbons (Fsp3) is 0.421. The molecule has 0 spiro atoms. The second-order valence-electron chi connectivity index (χ2n) is 6.90. The maximum Gasteiger partial charge on any atom is 0.257 e. The molecule has 2 heterocycles. The standard InChI is InChI=1S/C19H21FN4O2/c1-26-17-5-3-13(20)8-14(17)19(25)24-10-12-2-4-16(15(12)11-24)23-18-9-21-6-7-22-18/h3,5-9,12,15-16H,2,4,10-11H2,1H3,(H,22,23)/t12-,15+,16-/m1/s1. The highest BCUT2D eigenvalue weighted by Gasteiger charge is 2.44. The highest BCUT2D eigenvalue weighted by atomic mass is 19.1. The molecule has 136 valence electrons. The Morgan fingerprint density at radius 2 is 2.19 bits per heavy atom. The van der Waals surface area contributed by atoms with E-state index in [2.05, 4.69) is 15.3 Å². The van der Waals surface area contributed by atoms with Crippen LogP contribution in [0, 0.1) is 17.7 Å². The molecule has 2 aliphatic rings. The molecular formula is C19H21FN4O2. The number of rotatable bonds is 4. The number of fused-ring (bicyclic) bond motifs is 1. The average molecular weight is 356 g/mol.